The van der Waals surface area contributed by atoms with Gasteiger partial charge in [-0.3, -0.25) is 19.4 Å². The van der Waals surface area contributed by atoms with Crippen LogP contribution < -0.4 is 15.5 Å². The van der Waals surface area contributed by atoms with Crippen LogP contribution in [0.4, 0.5) is 16.2 Å². The minimum absolute atomic E-state index is 0.0222. The van der Waals surface area contributed by atoms with E-state index in [0.717, 1.165) is 24.9 Å². The van der Waals surface area contributed by atoms with Crippen LogP contribution in [-0.2, 0) is 14.3 Å². The molecule has 5 rings (SSSR count). The van der Waals surface area contributed by atoms with E-state index in [4.69, 9.17) is 4.74 Å². The van der Waals surface area contributed by atoms with Gasteiger partial charge in [0, 0.05) is 63.1 Å². The van der Waals surface area contributed by atoms with E-state index in [1.807, 2.05) is 15.9 Å². The third-order valence-corrected chi connectivity index (χ3v) is 7.62. The van der Waals surface area contributed by atoms with Crippen molar-refractivity contribution in [2.24, 2.45) is 5.92 Å². The van der Waals surface area contributed by atoms with Crippen molar-refractivity contribution in [3.8, 4) is 0 Å². The van der Waals surface area contributed by atoms with Gasteiger partial charge in [-0.05, 0) is 49.1 Å². The largest absolute Gasteiger partial charge is 0.481 e. The molecular weight excluding hydrogens is 528 g/mol. The number of carboxylic acid groups (broad SMARTS) is 1. The number of pyridine rings is 1. The number of nitrogens with one attached hydrogen (secondary N) is 2. The lowest BCUT2D eigenvalue weighted by atomic mass is 10.0. The van der Waals surface area contributed by atoms with E-state index < -0.39 is 17.9 Å². The van der Waals surface area contributed by atoms with Gasteiger partial charge >= 0.3 is 12.0 Å². The van der Waals surface area contributed by atoms with Gasteiger partial charge in [-0.2, -0.15) is 0 Å². The number of anilines is 2. The fourth-order valence-electron chi connectivity index (χ4n) is 5.19. The summed E-state index contributed by atoms with van der Waals surface area (Å²) in [5.74, 6) is -1.61. The van der Waals surface area contributed by atoms with Crippen LogP contribution >= 0.6 is 0 Å². The third-order valence-electron chi connectivity index (χ3n) is 7.62. The summed E-state index contributed by atoms with van der Waals surface area (Å²) in [5.41, 5.74) is 2.20. The van der Waals surface area contributed by atoms with Gasteiger partial charge < -0.3 is 35.2 Å². The maximum atomic E-state index is 13.3. The highest BCUT2D eigenvalue weighted by Gasteiger charge is 2.31. The normalized spacial score (nSPS) is 18.3. The number of carboxylic acids is 1. The first-order chi connectivity index (χ1) is 19.9. The average molecular weight is 565 g/mol. The summed E-state index contributed by atoms with van der Waals surface area (Å²) in [6.45, 7) is 4.72. The summed E-state index contributed by atoms with van der Waals surface area (Å²) in [6.07, 6.45) is 5.25. The Labute approximate surface area is 238 Å². The first kappa shape index (κ1) is 28.3. The summed E-state index contributed by atoms with van der Waals surface area (Å²) in [5, 5.41) is 15.2. The molecule has 1 aromatic carbocycles. The molecule has 2 saturated heterocycles. The molecule has 1 aliphatic carbocycles. The topological polar surface area (TPSA) is 144 Å². The second-order valence-corrected chi connectivity index (χ2v) is 10.6. The molecule has 0 bridgehead atoms. The zero-order chi connectivity index (χ0) is 28.8. The molecule has 41 heavy (non-hydrogen) atoms. The van der Waals surface area contributed by atoms with Crippen molar-refractivity contribution in [3.05, 3.63) is 53.9 Å². The van der Waals surface area contributed by atoms with Gasteiger partial charge in [0.25, 0.3) is 5.91 Å². The van der Waals surface area contributed by atoms with Crippen molar-refractivity contribution in [1.82, 2.24) is 20.1 Å². The summed E-state index contributed by atoms with van der Waals surface area (Å²) in [6, 6.07) is 7.80. The molecular formula is C29H36N6O6. The Morgan fingerprint density at radius 2 is 1.78 bits per heavy atom. The highest BCUT2D eigenvalue weighted by atomic mass is 16.5. The van der Waals surface area contributed by atoms with Crippen molar-refractivity contribution in [3.63, 3.8) is 0 Å². The van der Waals surface area contributed by atoms with Crippen molar-refractivity contribution in [1.29, 1.82) is 0 Å². The van der Waals surface area contributed by atoms with Crippen LogP contribution in [0.1, 0.15) is 47.6 Å². The third kappa shape index (κ3) is 7.31. The highest BCUT2D eigenvalue weighted by molar-refractivity contribution is 6.01. The number of hydrogen-bond donors (Lipinski definition) is 3. The van der Waals surface area contributed by atoms with Gasteiger partial charge in [0.15, 0.2) is 0 Å². The number of morpholine rings is 1. The monoisotopic (exact) mass is 564 g/mol. The number of aromatic nitrogens is 1. The zero-order valence-corrected chi connectivity index (χ0v) is 23.0. The standard InChI is InChI=1S/C29H36N6O6/c36-26(37)18-23(22-3-1-8-30-19-22)31-28(39)21-6-7-25(24(17-21)32-27(38)20-4-5-20)33-9-2-10-34(12-11-33)29(40)35-13-15-41-16-14-35/h1,3,6-8,17,19-20,23H,2,4-5,9-16,18H2,(H,31,39)(H,32,38)(H,36,37). The molecule has 3 aliphatic rings. The smallest absolute Gasteiger partial charge is 0.320 e. The fraction of sp³-hybridized carbons (Fsp3) is 0.483. The van der Waals surface area contributed by atoms with E-state index in [1.54, 1.807) is 30.5 Å². The quantitative estimate of drug-likeness (QED) is 0.443. The van der Waals surface area contributed by atoms with Gasteiger partial charge in [-0.15, -0.1) is 0 Å². The molecule has 1 aromatic heterocycles. The lowest BCUT2D eigenvalue weighted by Crippen LogP contribution is -2.49. The van der Waals surface area contributed by atoms with Crippen LogP contribution in [0.15, 0.2) is 42.7 Å². The van der Waals surface area contributed by atoms with Crippen LogP contribution in [0.25, 0.3) is 0 Å². The van der Waals surface area contributed by atoms with Crippen molar-refractivity contribution in [2.45, 2.75) is 31.7 Å². The van der Waals surface area contributed by atoms with Crippen molar-refractivity contribution in [2.75, 3.05) is 62.7 Å². The minimum Gasteiger partial charge on any atom is -0.481 e. The van der Waals surface area contributed by atoms with Crippen molar-refractivity contribution >= 4 is 35.2 Å². The Balaban J connectivity index is 1.33. The number of rotatable bonds is 8. The van der Waals surface area contributed by atoms with Gasteiger partial charge in [0.1, 0.15) is 0 Å². The van der Waals surface area contributed by atoms with Gasteiger partial charge in [0.2, 0.25) is 5.91 Å². The second-order valence-electron chi connectivity index (χ2n) is 10.6. The number of benzene rings is 1. The van der Waals surface area contributed by atoms with Gasteiger partial charge in [-0.1, -0.05) is 6.07 Å². The molecule has 1 saturated carbocycles. The summed E-state index contributed by atoms with van der Waals surface area (Å²) in [4.78, 5) is 60.5. The Bertz CT molecular complexity index is 1260. The van der Waals surface area contributed by atoms with Crippen LogP contribution in [0.2, 0.25) is 0 Å². The summed E-state index contributed by atoms with van der Waals surface area (Å²) < 4.78 is 5.38. The SMILES string of the molecule is O=C(O)CC(NC(=O)c1ccc(N2CCCN(C(=O)N3CCOCC3)CC2)c(NC(=O)C2CC2)c1)c1cccnc1. The first-order valence-corrected chi connectivity index (χ1v) is 14.1. The molecule has 2 aromatic rings. The number of urea groups is 1. The van der Waals surface area contributed by atoms with Crippen LogP contribution in [0.3, 0.4) is 0 Å². The number of nitrogens with zero attached hydrogens (tertiary/aromatic N) is 4. The molecule has 0 radical (unpaired) electrons. The number of carbonyl (C=O) groups excluding carboxylic acids is 3. The molecule has 2 aliphatic heterocycles. The van der Waals surface area contributed by atoms with Crippen molar-refractivity contribution < 1.29 is 29.0 Å². The number of carbonyl (C=O) groups is 4. The molecule has 3 fully saturated rings. The predicted molar refractivity (Wildman–Crippen MR) is 151 cm³/mol. The zero-order valence-electron chi connectivity index (χ0n) is 23.0. The van der Waals surface area contributed by atoms with E-state index in [-0.39, 0.29) is 24.3 Å². The Morgan fingerprint density at radius 1 is 1.00 bits per heavy atom. The van der Waals surface area contributed by atoms with Crippen LogP contribution in [0, 0.1) is 5.92 Å². The number of ether oxygens (including phenoxy) is 1. The molecule has 1 atom stereocenters. The van der Waals surface area contributed by atoms with Crippen LogP contribution in [0.5, 0.6) is 0 Å². The number of amides is 4. The Morgan fingerprint density at radius 3 is 2.49 bits per heavy atom. The molecule has 3 heterocycles. The maximum Gasteiger partial charge on any atom is 0.320 e. The van der Waals surface area contributed by atoms with Crippen LogP contribution in [-0.4, -0.2) is 96.2 Å². The van der Waals surface area contributed by atoms with Gasteiger partial charge in [-0.25, -0.2) is 4.79 Å². The predicted octanol–water partition coefficient (Wildman–Crippen LogP) is 2.34. The molecule has 4 amide bonds. The van der Waals surface area contributed by atoms with E-state index in [2.05, 4.69) is 20.5 Å². The highest BCUT2D eigenvalue weighted by Crippen LogP contribution is 2.34. The van der Waals surface area contributed by atoms with E-state index in [9.17, 15) is 24.3 Å². The summed E-state index contributed by atoms with van der Waals surface area (Å²) >= 11 is 0. The van der Waals surface area contributed by atoms with E-state index >= 15 is 0 Å². The van der Waals surface area contributed by atoms with Gasteiger partial charge in [0.05, 0.1) is 37.1 Å². The van der Waals surface area contributed by atoms with E-state index in [0.29, 0.717) is 69.3 Å². The lowest BCUT2D eigenvalue weighted by molar-refractivity contribution is -0.137. The lowest BCUT2D eigenvalue weighted by Gasteiger charge is -2.32. The molecule has 12 nitrogen and oxygen atoms in total. The molecule has 3 N–H and O–H groups in total. The molecule has 12 heteroatoms. The number of hydrogen-bond acceptors (Lipinski definition) is 7. The van der Waals surface area contributed by atoms with E-state index in [1.165, 1.54) is 6.20 Å². The fourth-order valence-corrected chi connectivity index (χ4v) is 5.19. The number of aliphatic carboxylic acids is 1. The minimum atomic E-state index is -1.05. The molecule has 0 spiro atoms. The maximum absolute atomic E-state index is 13.3. The average Bonchev–Trinajstić information content (AvgIpc) is 3.85. The Hall–Kier alpha value is -4.19. The second kappa shape index (κ2) is 13.0. The molecule has 218 valence electrons. The Kier molecular flexibility index (Phi) is 8.98. The summed E-state index contributed by atoms with van der Waals surface area (Å²) in [7, 11) is 0. The first-order valence-electron chi connectivity index (χ1n) is 14.1. The molecule has 1 unspecified atom stereocenters.